The molecule has 0 saturated carbocycles. The minimum atomic E-state index is -0.977. The van der Waals surface area contributed by atoms with E-state index in [4.69, 9.17) is 9.84 Å². The molecule has 3 rings (SSSR count). The number of hydrogen-bond acceptors (Lipinski definition) is 5. The largest absolute Gasteiger partial charge is 0.486 e. The zero-order valence-electron chi connectivity index (χ0n) is 13.4. The number of nitrogens with zero attached hydrogens (tertiary/aromatic N) is 2. The number of carboxylic acid groups (broad SMARTS) is 1. The maximum absolute atomic E-state index is 11.0. The van der Waals surface area contributed by atoms with Gasteiger partial charge in [0, 0.05) is 19.1 Å². The molecule has 0 amide bonds. The fourth-order valence-corrected chi connectivity index (χ4v) is 3.44. The number of ether oxygens (including phenoxy) is 1. The number of aliphatic hydroxyl groups excluding tert-OH is 1. The highest BCUT2D eigenvalue weighted by molar-refractivity contribution is 5.87. The van der Waals surface area contributed by atoms with Gasteiger partial charge in [0.15, 0.2) is 0 Å². The predicted octanol–water partition coefficient (Wildman–Crippen LogP) is 0.903. The van der Waals surface area contributed by atoms with Crippen molar-refractivity contribution in [3.63, 3.8) is 0 Å². The van der Waals surface area contributed by atoms with Gasteiger partial charge in [0.05, 0.1) is 5.56 Å². The molecule has 0 aliphatic carbocycles. The van der Waals surface area contributed by atoms with Crippen LogP contribution in [0.3, 0.4) is 0 Å². The van der Waals surface area contributed by atoms with Crippen molar-refractivity contribution in [1.29, 1.82) is 0 Å². The van der Waals surface area contributed by atoms with Crippen molar-refractivity contribution in [2.45, 2.75) is 31.1 Å². The molecule has 2 heterocycles. The van der Waals surface area contributed by atoms with Crippen LogP contribution in [0, 0.1) is 0 Å². The second-order valence-corrected chi connectivity index (χ2v) is 6.54. The smallest absolute Gasteiger partial charge is 0.335 e. The number of aromatic carboxylic acids is 1. The molecule has 126 valence electrons. The van der Waals surface area contributed by atoms with Crippen molar-refractivity contribution in [3.8, 4) is 5.75 Å². The molecule has 2 aliphatic rings. The number of carboxylic acids is 1. The molecule has 23 heavy (non-hydrogen) atoms. The fourth-order valence-electron chi connectivity index (χ4n) is 3.44. The normalized spacial score (nSPS) is 27.2. The summed E-state index contributed by atoms with van der Waals surface area (Å²) in [6.45, 7) is 3.48. The Morgan fingerprint density at radius 1 is 1.26 bits per heavy atom. The summed E-state index contributed by atoms with van der Waals surface area (Å²) in [6, 6.07) is 6.93. The van der Waals surface area contributed by atoms with E-state index in [9.17, 15) is 9.90 Å². The van der Waals surface area contributed by atoms with Crippen molar-refractivity contribution < 1.29 is 19.7 Å². The number of benzene rings is 1. The Bertz CT molecular complexity index is 557. The third-order valence-corrected chi connectivity index (χ3v) is 4.84. The SMILES string of the molecule is CN1CCC(N2C[C@@H](O)[C@H](Oc3cccc(C(=O)O)c3)C2)CC1. The Labute approximate surface area is 136 Å². The fraction of sp³-hybridized carbons (Fsp3) is 0.588. The van der Waals surface area contributed by atoms with Gasteiger partial charge < -0.3 is 19.8 Å². The van der Waals surface area contributed by atoms with Gasteiger partial charge in [-0.3, -0.25) is 4.90 Å². The molecule has 1 aromatic rings. The van der Waals surface area contributed by atoms with Crippen LogP contribution >= 0.6 is 0 Å². The molecule has 1 aromatic carbocycles. The third kappa shape index (κ3) is 3.83. The maximum atomic E-state index is 11.0. The molecule has 2 fully saturated rings. The molecule has 2 aliphatic heterocycles. The summed E-state index contributed by atoms with van der Waals surface area (Å²) in [4.78, 5) is 15.7. The Kier molecular flexibility index (Phi) is 4.84. The van der Waals surface area contributed by atoms with Crippen LogP contribution in [0.25, 0.3) is 0 Å². The summed E-state index contributed by atoms with van der Waals surface area (Å²) in [5.74, 6) is -0.477. The molecular weight excluding hydrogens is 296 g/mol. The van der Waals surface area contributed by atoms with E-state index in [2.05, 4.69) is 16.8 Å². The zero-order valence-corrected chi connectivity index (χ0v) is 13.4. The number of β-amino-alcohol motifs (C(OH)–C–C–N with tert-alkyl or cyclic N) is 1. The topological polar surface area (TPSA) is 73.2 Å². The van der Waals surface area contributed by atoms with Crippen molar-refractivity contribution in [3.05, 3.63) is 29.8 Å². The van der Waals surface area contributed by atoms with Gasteiger partial charge in [0.2, 0.25) is 0 Å². The first-order valence-electron chi connectivity index (χ1n) is 8.13. The summed E-state index contributed by atoms with van der Waals surface area (Å²) in [5.41, 5.74) is 0.196. The van der Waals surface area contributed by atoms with Gasteiger partial charge in [-0.15, -0.1) is 0 Å². The van der Waals surface area contributed by atoms with Crippen LogP contribution in [-0.4, -0.2) is 77.5 Å². The summed E-state index contributed by atoms with van der Waals surface area (Å²) >= 11 is 0. The number of rotatable bonds is 4. The number of piperidine rings is 1. The van der Waals surface area contributed by atoms with E-state index in [0.29, 0.717) is 24.9 Å². The van der Waals surface area contributed by atoms with Crippen LogP contribution in [0.4, 0.5) is 0 Å². The van der Waals surface area contributed by atoms with E-state index >= 15 is 0 Å². The molecule has 0 radical (unpaired) electrons. The molecule has 2 atom stereocenters. The van der Waals surface area contributed by atoms with Gasteiger partial charge in [-0.25, -0.2) is 4.79 Å². The van der Waals surface area contributed by atoms with Crippen LogP contribution in [0.2, 0.25) is 0 Å². The molecule has 2 saturated heterocycles. The predicted molar refractivity (Wildman–Crippen MR) is 85.9 cm³/mol. The van der Waals surface area contributed by atoms with Crippen LogP contribution in [-0.2, 0) is 0 Å². The Balaban J connectivity index is 1.61. The van der Waals surface area contributed by atoms with E-state index in [-0.39, 0.29) is 11.7 Å². The lowest BCUT2D eigenvalue weighted by Crippen LogP contribution is -2.43. The number of aliphatic hydroxyl groups is 1. The van der Waals surface area contributed by atoms with E-state index < -0.39 is 12.1 Å². The maximum Gasteiger partial charge on any atom is 0.335 e. The van der Waals surface area contributed by atoms with Gasteiger partial charge in [-0.05, 0) is 51.2 Å². The van der Waals surface area contributed by atoms with Crippen LogP contribution in [0.5, 0.6) is 5.75 Å². The highest BCUT2D eigenvalue weighted by Crippen LogP contribution is 2.24. The second kappa shape index (κ2) is 6.86. The lowest BCUT2D eigenvalue weighted by Gasteiger charge is -2.34. The molecule has 0 spiro atoms. The van der Waals surface area contributed by atoms with Crippen molar-refractivity contribution in [1.82, 2.24) is 9.80 Å². The van der Waals surface area contributed by atoms with Gasteiger partial charge in [0.25, 0.3) is 0 Å². The third-order valence-electron chi connectivity index (χ3n) is 4.84. The van der Waals surface area contributed by atoms with Gasteiger partial charge in [-0.2, -0.15) is 0 Å². The zero-order chi connectivity index (χ0) is 16.4. The molecule has 2 N–H and O–H groups in total. The quantitative estimate of drug-likeness (QED) is 0.859. The van der Waals surface area contributed by atoms with Gasteiger partial charge in [-0.1, -0.05) is 6.07 Å². The molecule has 0 aromatic heterocycles. The minimum absolute atomic E-state index is 0.196. The monoisotopic (exact) mass is 320 g/mol. The first-order valence-corrected chi connectivity index (χ1v) is 8.13. The second-order valence-electron chi connectivity index (χ2n) is 6.54. The van der Waals surface area contributed by atoms with Crippen LogP contribution < -0.4 is 4.74 Å². The summed E-state index contributed by atoms with van der Waals surface area (Å²) in [7, 11) is 2.14. The summed E-state index contributed by atoms with van der Waals surface area (Å²) < 4.78 is 5.86. The average molecular weight is 320 g/mol. The highest BCUT2D eigenvalue weighted by Gasteiger charge is 2.37. The number of carbonyl (C=O) groups is 1. The van der Waals surface area contributed by atoms with E-state index in [1.807, 2.05) is 0 Å². The van der Waals surface area contributed by atoms with E-state index in [1.165, 1.54) is 12.1 Å². The molecule has 0 unspecified atom stereocenters. The highest BCUT2D eigenvalue weighted by atomic mass is 16.5. The molecular formula is C17H24N2O4. The molecule has 6 heteroatoms. The Hall–Kier alpha value is -1.63. The number of hydrogen-bond donors (Lipinski definition) is 2. The summed E-state index contributed by atoms with van der Waals surface area (Å²) in [6.07, 6.45) is 1.39. The van der Waals surface area contributed by atoms with Crippen LogP contribution in [0.15, 0.2) is 24.3 Å². The molecule has 6 nitrogen and oxygen atoms in total. The standard InChI is InChI=1S/C17H24N2O4/c1-18-7-5-13(6-8-18)19-10-15(20)16(11-19)23-14-4-2-3-12(9-14)17(21)22/h2-4,9,13,15-16,20H,5-8,10-11H2,1H3,(H,21,22)/t15-,16-/m1/s1. The lowest BCUT2D eigenvalue weighted by atomic mass is 10.0. The van der Waals surface area contributed by atoms with Crippen molar-refractivity contribution >= 4 is 5.97 Å². The molecule has 0 bridgehead atoms. The van der Waals surface area contributed by atoms with E-state index in [0.717, 1.165) is 25.9 Å². The average Bonchev–Trinajstić information content (AvgIpc) is 2.89. The first-order chi connectivity index (χ1) is 11.0. The first kappa shape index (κ1) is 16.2. The minimum Gasteiger partial charge on any atom is -0.486 e. The number of likely N-dealkylation sites (tertiary alicyclic amines) is 2. The lowest BCUT2D eigenvalue weighted by molar-refractivity contribution is 0.0688. The Morgan fingerprint density at radius 2 is 2.00 bits per heavy atom. The van der Waals surface area contributed by atoms with Crippen LogP contribution in [0.1, 0.15) is 23.2 Å². The van der Waals surface area contributed by atoms with Crippen molar-refractivity contribution in [2.75, 3.05) is 33.2 Å². The van der Waals surface area contributed by atoms with Gasteiger partial charge in [0.1, 0.15) is 18.0 Å². The summed E-state index contributed by atoms with van der Waals surface area (Å²) in [5, 5.41) is 19.3. The van der Waals surface area contributed by atoms with Crippen molar-refractivity contribution in [2.24, 2.45) is 0 Å². The Morgan fingerprint density at radius 3 is 2.70 bits per heavy atom. The van der Waals surface area contributed by atoms with E-state index in [1.54, 1.807) is 12.1 Å². The van der Waals surface area contributed by atoms with Gasteiger partial charge >= 0.3 is 5.97 Å².